The number of nitriles is 1. The van der Waals surface area contributed by atoms with Crippen molar-refractivity contribution in [3.05, 3.63) is 52.7 Å². The van der Waals surface area contributed by atoms with E-state index in [0.717, 1.165) is 64.5 Å². The number of anilines is 1. The zero-order valence-corrected chi connectivity index (χ0v) is 28.5. The van der Waals surface area contributed by atoms with Crippen molar-refractivity contribution < 1.29 is 19.1 Å². The molecule has 1 aliphatic carbocycles. The number of carbonyl (C=O) groups is 2. The van der Waals surface area contributed by atoms with Crippen LogP contribution in [-0.2, 0) is 9.53 Å². The van der Waals surface area contributed by atoms with Crippen molar-refractivity contribution >= 4 is 29.3 Å². The standard InChI is InChI=1S/C35H47ClN6O4/c1-6-45-30(43)23-41-17-15-40(16-18-41)13-11-24-12-14-42(22-24)29-10-8-26(21-38-29)31(44)39-32-34(2,3)33(35(32,4)5)46-27-9-7-25(20-37)28(36)19-27/h7-10,19,21,24,32-33H,6,11-18,22-23H2,1-5H3,(H,39,44). The Labute approximate surface area is 278 Å². The first kappa shape index (κ1) is 34.0. The first-order chi connectivity index (χ1) is 21.9. The maximum Gasteiger partial charge on any atom is 0.320 e. The van der Waals surface area contributed by atoms with Gasteiger partial charge in [0.25, 0.3) is 5.91 Å². The lowest BCUT2D eigenvalue weighted by atomic mass is 9.49. The van der Waals surface area contributed by atoms with Gasteiger partial charge in [0.1, 0.15) is 23.7 Å². The second-order valence-electron chi connectivity index (χ2n) is 14.0. The summed E-state index contributed by atoms with van der Waals surface area (Å²) in [6.45, 7) is 17.8. The highest BCUT2D eigenvalue weighted by molar-refractivity contribution is 6.31. The van der Waals surface area contributed by atoms with Crippen LogP contribution in [0, 0.1) is 28.1 Å². The highest BCUT2D eigenvalue weighted by Gasteiger charge is 2.64. The van der Waals surface area contributed by atoms with Gasteiger partial charge in [-0.05, 0) is 56.5 Å². The van der Waals surface area contributed by atoms with Crippen LogP contribution in [0.1, 0.15) is 63.4 Å². The molecule has 3 aliphatic rings. The molecule has 10 nitrogen and oxygen atoms in total. The molecule has 1 aromatic carbocycles. The third kappa shape index (κ3) is 7.43. The monoisotopic (exact) mass is 650 g/mol. The second-order valence-corrected chi connectivity index (χ2v) is 14.4. The van der Waals surface area contributed by atoms with Crippen molar-refractivity contribution in [3.8, 4) is 11.8 Å². The number of pyridine rings is 1. The topological polar surface area (TPSA) is 111 Å². The molecule has 1 amide bonds. The van der Waals surface area contributed by atoms with Crippen molar-refractivity contribution in [3.63, 3.8) is 0 Å². The van der Waals surface area contributed by atoms with E-state index in [0.29, 0.717) is 41.0 Å². The molecular formula is C35H47ClN6O4. The van der Waals surface area contributed by atoms with Crippen molar-refractivity contribution in [2.75, 3.05) is 63.9 Å². The van der Waals surface area contributed by atoms with Gasteiger partial charge in [-0.3, -0.25) is 14.5 Å². The number of hydrogen-bond donors (Lipinski definition) is 1. The Balaban J connectivity index is 1.08. The first-order valence-corrected chi connectivity index (χ1v) is 16.8. The molecule has 46 heavy (non-hydrogen) atoms. The van der Waals surface area contributed by atoms with Crippen LogP contribution < -0.4 is 15.0 Å². The van der Waals surface area contributed by atoms with Gasteiger partial charge in [0, 0.05) is 68.4 Å². The second kappa shape index (κ2) is 14.2. The number of nitrogens with zero attached hydrogens (tertiary/aromatic N) is 5. The van der Waals surface area contributed by atoms with Gasteiger partial charge in [0.2, 0.25) is 0 Å². The first-order valence-electron chi connectivity index (χ1n) is 16.4. The van der Waals surface area contributed by atoms with E-state index < -0.39 is 0 Å². The Hall–Kier alpha value is -3.39. The smallest absolute Gasteiger partial charge is 0.320 e. The summed E-state index contributed by atoms with van der Waals surface area (Å²) in [6, 6.07) is 10.9. The lowest BCUT2D eigenvalue weighted by Crippen LogP contribution is -2.74. The highest BCUT2D eigenvalue weighted by atomic mass is 35.5. The van der Waals surface area contributed by atoms with Crippen molar-refractivity contribution in [2.45, 2.75) is 59.6 Å². The van der Waals surface area contributed by atoms with E-state index in [2.05, 4.69) is 58.8 Å². The van der Waals surface area contributed by atoms with Crippen molar-refractivity contribution in [1.82, 2.24) is 20.1 Å². The Morgan fingerprint density at radius 3 is 2.41 bits per heavy atom. The maximum atomic E-state index is 13.3. The van der Waals surface area contributed by atoms with Gasteiger partial charge in [0.15, 0.2) is 0 Å². The third-order valence-electron chi connectivity index (χ3n) is 10.0. The average molecular weight is 651 g/mol. The number of carbonyl (C=O) groups excluding carboxylic acids is 2. The fourth-order valence-electron chi connectivity index (χ4n) is 7.72. The molecule has 2 saturated heterocycles. The molecule has 1 atom stereocenters. The van der Waals surface area contributed by atoms with E-state index in [1.165, 1.54) is 0 Å². The minimum Gasteiger partial charge on any atom is -0.489 e. The summed E-state index contributed by atoms with van der Waals surface area (Å²) in [5.41, 5.74) is 0.267. The number of amides is 1. The Kier molecular flexibility index (Phi) is 10.5. The van der Waals surface area contributed by atoms with Gasteiger partial charge >= 0.3 is 5.97 Å². The van der Waals surface area contributed by atoms with E-state index >= 15 is 0 Å². The molecule has 1 saturated carbocycles. The number of esters is 1. The SMILES string of the molecule is CCOC(=O)CN1CCN(CCC2CCN(c3ccc(C(=O)NC4C(C)(C)C(Oc5ccc(C#N)c(Cl)c5)C4(C)C)cn3)C2)CC1. The van der Waals surface area contributed by atoms with E-state index in [9.17, 15) is 9.59 Å². The molecular weight excluding hydrogens is 604 g/mol. The summed E-state index contributed by atoms with van der Waals surface area (Å²) in [5.74, 6) is 1.84. The third-order valence-corrected chi connectivity index (χ3v) is 10.3. The Morgan fingerprint density at radius 1 is 1.07 bits per heavy atom. The minimum atomic E-state index is -0.340. The molecule has 1 N–H and O–H groups in total. The van der Waals surface area contributed by atoms with E-state index in [1.54, 1.807) is 24.4 Å². The number of benzene rings is 1. The van der Waals surface area contributed by atoms with Crippen LogP contribution in [0.3, 0.4) is 0 Å². The number of aromatic nitrogens is 1. The lowest BCUT2D eigenvalue weighted by Gasteiger charge is -2.63. The molecule has 5 rings (SSSR count). The minimum absolute atomic E-state index is 0.120. The van der Waals surface area contributed by atoms with Crippen LogP contribution in [0.15, 0.2) is 36.5 Å². The normalized spacial score (nSPS) is 24.1. The fourth-order valence-corrected chi connectivity index (χ4v) is 7.93. The van der Waals surface area contributed by atoms with Crippen molar-refractivity contribution in [2.24, 2.45) is 16.7 Å². The van der Waals surface area contributed by atoms with Crippen molar-refractivity contribution in [1.29, 1.82) is 5.26 Å². The fraction of sp³-hybridized carbons (Fsp3) is 0.600. The quantitative estimate of drug-likeness (QED) is 0.349. The number of hydrogen-bond acceptors (Lipinski definition) is 9. The summed E-state index contributed by atoms with van der Waals surface area (Å²) in [4.78, 5) is 36.8. The van der Waals surface area contributed by atoms with Crippen LogP contribution in [-0.4, -0.2) is 97.8 Å². The summed E-state index contributed by atoms with van der Waals surface area (Å²) in [7, 11) is 0. The molecule has 1 unspecified atom stereocenters. The molecule has 3 heterocycles. The zero-order valence-electron chi connectivity index (χ0n) is 27.7. The summed E-state index contributed by atoms with van der Waals surface area (Å²) in [5, 5.41) is 12.8. The number of nitrogens with one attached hydrogen (secondary N) is 1. The molecule has 0 radical (unpaired) electrons. The number of ether oxygens (including phenoxy) is 2. The van der Waals surface area contributed by atoms with Crippen LogP contribution in [0.2, 0.25) is 5.02 Å². The molecule has 248 valence electrons. The molecule has 0 bridgehead atoms. The van der Waals surface area contributed by atoms with Crippen LogP contribution in [0.25, 0.3) is 0 Å². The van der Waals surface area contributed by atoms with E-state index in [1.807, 2.05) is 19.1 Å². The van der Waals surface area contributed by atoms with Crippen LogP contribution in [0.5, 0.6) is 5.75 Å². The van der Waals surface area contributed by atoms with Gasteiger partial charge in [-0.15, -0.1) is 0 Å². The van der Waals surface area contributed by atoms with E-state index in [-0.39, 0.29) is 34.9 Å². The summed E-state index contributed by atoms with van der Waals surface area (Å²) < 4.78 is 11.4. The van der Waals surface area contributed by atoms with Gasteiger partial charge in [-0.1, -0.05) is 39.3 Å². The molecule has 1 aromatic heterocycles. The molecule has 11 heteroatoms. The largest absolute Gasteiger partial charge is 0.489 e. The number of halogens is 1. The molecule has 3 fully saturated rings. The molecule has 2 aliphatic heterocycles. The van der Waals surface area contributed by atoms with E-state index in [4.69, 9.17) is 26.3 Å². The maximum absolute atomic E-state index is 13.3. The predicted octanol–water partition coefficient (Wildman–Crippen LogP) is 4.62. The number of piperazine rings is 1. The average Bonchev–Trinajstić information content (AvgIpc) is 3.51. The van der Waals surface area contributed by atoms with Gasteiger partial charge < -0.3 is 24.6 Å². The van der Waals surface area contributed by atoms with Crippen LogP contribution in [0.4, 0.5) is 5.82 Å². The Morgan fingerprint density at radius 2 is 1.78 bits per heavy atom. The Bertz CT molecular complexity index is 1420. The lowest BCUT2D eigenvalue weighted by molar-refractivity contribution is -0.164. The highest BCUT2D eigenvalue weighted by Crippen LogP contribution is 2.55. The van der Waals surface area contributed by atoms with Gasteiger partial charge in [0.05, 0.1) is 29.3 Å². The molecule has 2 aromatic rings. The molecule has 0 spiro atoms. The van der Waals surface area contributed by atoms with Gasteiger partial charge in [-0.25, -0.2) is 4.98 Å². The number of rotatable bonds is 11. The van der Waals surface area contributed by atoms with Gasteiger partial charge in [-0.2, -0.15) is 5.26 Å². The summed E-state index contributed by atoms with van der Waals surface area (Å²) >= 11 is 6.22. The predicted molar refractivity (Wildman–Crippen MR) is 178 cm³/mol. The van der Waals surface area contributed by atoms with Crippen LogP contribution >= 0.6 is 11.6 Å². The zero-order chi connectivity index (χ0) is 33.1. The summed E-state index contributed by atoms with van der Waals surface area (Å²) in [6.07, 6.45) is 3.79.